The van der Waals surface area contributed by atoms with Gasteiger partial charge in [0, 0.05) is 26.2 Å². The van der Waals surface area contributed by atoms with Crippen LogP contribution in [0.2, 0.25) is 0 Å². The van der Waals surface area contributed by atoms with Gasteiger partial charge in [-0.15, -0.1) is 5.10 Å². The Bertz CT molecular complexity index is 616. The van der Waals surface area contributed by atoms with Gasteiger partial charge in [-0.25, -0.2) is 4.68 Å². The van der Waals surface area contributed by atoms with Crippen LogP contribution in [0.4, 0.5) is 0 Å². The van der Waals surface area contributed by atoms with Crippen molar-refractivity contribution in [1.82, 2.24) is 25.2 Å². The maximum absolute atomic E-state index is 12.3. The van der Waals surface area contributed by atoms with Gasteiger partial charge in [0.2, 0.25) is 0 Å². The molecule has 1 amide bonds. The molecule has 0 atom stereocenters. The summed E-state index contributed by atoms with van der Waals surface area (Å²) in [4.78, 5) is 14.1. The van der Waals surface area contributed by atoms with Gasteiger partial charge >= 0.3 is 0 Å². The van der Waals surface area contributed by atoms with Crippen LogP contribution in [0.25, 0.3) is 5.69 Å². The Balaban J connectivity index is 1.81. The first kappa shape index (κ1) is 12.8. The Hall–Kier alpha value is -2.21. The van der Waals surface area contributed by atoms with Gasteiger partial charge in [-0.1, -0.05) is 17.3 Å². The summed E-state index contributed by atoms with van der Waals surface area (Å²) < 4.78 is 1.64. The van der Waals surface area contributed by atoms with Gasteiger partial charge in [-0.2, -0.15) is 0 Å². The van der Waals surface area contributed by atoms with Crippen LogP contribution in [-0.4, -0.2) is 52.0 Å². The van der Waals surface area contributed by atoms with Gasteiger partial charge in [0.15, 0.2) is 5.69 Å². The SMILES string of the molecule is Cc1cccc(-n2cc(C(=O)N3CCNCC3)nn2)c1. The van der Waals surface area contributed by atoms with Crippen molar-refractivity contribution in [2.24, 2.45) is 0 Å². The van der Waals surface area contributed by atoms with Gasteiger partial charge in [0.1, 0.15) is 0 Å². The molecule has 1 aliphatic heterocycles. The molecular formula is C14H17N5O. The zero-order chi connectivity index (χ0) is 13.9. The average molecular weight is 271 g/mol. The predicted molar refractivity (Wildman–Crippen MR) is 74.9 cm³/mol. The van der Waals surface area contributed by atoms with E-state index in [-0.39, 0.29) is 5.91 Å². The van der Waals surface area contributed by atoms with Crippen molar-refractivity contribution in [3.05, 3.63) is 41.7 Å². The fourth-order valence-electron chi connectivity index (χ4n) is 2.29. The van der Waals surface area contributed by atoms with Crippen LogP contribution in [0.1, 0.15) is 16.1 Å². The summed E-state index contributed by atoms with van der Waals surface area (Å²) in [6.07, 6.45) is 1.69. The van der Waals surface area contributed by atoms with Crippen LogP contribution >= 0.6 is 0 Å². The van der Waals surface area contributed by atoms with E-state index in [1.54, 1.807) is 15.8 Å². The maximum atomic E-state index is 12.3. The summed E-state index contributed by atoms with van der Waals surface area (Å²) >= 11 is 0. The van der Waals surface area contributed by atoms with E-state index in [4.69, 9.17) is 0 Å². The molecule has 3 rings (SSSR count). The molecule has 6 heteroatoms. The fraction of sp³-hybridized carbons (Fsp3) is 0.357. The van der Waals surface area contributed by atoms with E-state index in [1.165, 1.54) is 0 Å². The third-order valence-electron chi connectivity index (χ3n) is 3.38. The van der Waals surface area contributed by atoms with E-state index >= 15 is 0 Å². The molecule has 20 heavy (non-hydrogen) atoms. The third-order valence-corrected chi connectivity index (χ3v) is 3.38. The number of hydrogen-bond acceptors (Lipinski definition) is 4. The molecule has 1 N–H and O–H groups in total. The molecular weight excluding hydrogens is 254 g/mol. The Morgan fingerprint density at radius 3 is 2.85 bits per heavy atom. The molecule has 1 aliphatic rings. The first-order chi connectivity index (χ1) is 9.74. The lowest BCUT2D eigenvalue weighted by Gasteiger charge is -2.26. The Morgan fingerprint density at radius 2 is 2.10 bits per heavy atom. The van der Waals surface area contributed by atoms with Gasteiger partial charge < -0.3 is 10.2 Å². The van der Waals surface area contributed by atoms with Crippen molar-refractivity contribution in [3.8, 4) is 5.69 Å². The minimum absolute atomic E-state index is 0.0506. The molecule has 0 saturated carbocycles. The number of aromatic nitrogens is 3. The predicted octanol–water partition coefficient (Wildman–Crippen LogP) is 0.621. The number of nitrogens with zero attached hydrogens (tertiary/aromatic N) is 4. The van der Waals surface area contributed by atoms with E-state index in [0.717, 1.165) is 37.4 Å². The molecule has 1 aromatic heterocycles. The summed E-state index contributed by atoms with van der Waals surface area (Å²) in [6, 6.07) is 7.94. The number of carbonyl (C=O) groups excluding carboxylic acids is 1. The van der Waals surface area contributed by atoms with Crippen LogP contribution in [0.5, 0.6) is 0 Å². The molecule has 6 nitrogen and oxygen atoms in total. The van der Waals surface area contributed by atoms with E-state index in [2.05, 4.69) is 15.6 Å². The van der Waals surface area contributed by atoms with Crippen molar-refractivity contribution >= 4 is 5.91 Å². The summed E-state index contributed by atoms with van der Waals surface area (Å²) in [5.41, 5.74) is 2.46. The highest BCUT2D eigenvalue weighted by molar-refractivity contribution is 5.92. The topological polar surface area (TPSA) is 63.1 Å². The summed E-state index contributed by atoms with van der Waals surface area (Å²) in [7, 11) is 0. The second-order valence-electron chi connectivity index (χ2n) is 4.93. The smallest absolute Gasteiger partial charge is 0.276 e. The van der Waals surface area contributed by atoms with Crippen molar-refractivity contribution in [2.45, 2.75) is 6.92 Å². The fourth-order valence-corrected chi connectivity index (χ4v) is 2.29. The van der Waals surface area contributed by atoms with Gasteiger partial charge in [0.25, 0.3) is 5.91 Å². The summed E-state index contributed by atoms with van der Waals surface area (Å²) in [5, 5.41) is 11.3. The number of nitrogens with one attached hydrogen (secondary N) is 1. The molecule has 1 aromatic carbocycles. The number of piperazine rings is 1. The molecule has 0 aliphatic carbocycles. The van der Waals surface area contributed by atoms with Crippen LogP contribution < -0.4 is 5.32 Å². The number of aryl methyl sites for hydroxylation is 1. The zero-order valence-electron chi connectivity index (χ0n) is 11.4. The quantitative estimate of drug-likeness (QED) is 0.870. The molecule has 1 saturated heterocycles. The lowest BCUT2D eigenvalue weighted by atomic mass is 10.2. The normalized spacial score (nSPS) is 15.3. The summed E-state index contributed by atoms with van der Waals surface area (Å²) in [5.74, 6) is -0.0506. The molecule has 0 spiro atoms. The molecule has 1 fully saturated rings. The Kier molecular flexibility index (Phi) is 3.47. The van der Waals surface area contributed by atoms with Crippen LogP contribution in [0.15, 0.2) is 30.5 Å². The van der Waals surface area contributed by atoms with E-state index < -0.39 is 0 Å². The lowest BCUT2D eigenvalue weighted by molar-refractivity contribution is 0.0730. The number of benzene rings is 1. The molecule has 0 radical (unpaired) electrons. The molecule has 2 heterocycles. The first-order valence-electron chi connectivity index (χ1n) is 6.73. The van der Waals surface area contributed by atoms with Gasteiger partial charge in [-0.3, -0.25) is 4.79 Å². The zero-order valence-corrected chi connectivity index (χ0v) is 11.4. The summed E-state index contributed by atoms with van der Waals surface area (Å²) in [6.45, 7) is 5.12. The monoisotopic (exact) mass is 271 g/mol. The highest BCUT2D eigenvalue weighted by Crippen LogP contribution is 2.10. The van der Waals surface area contributed by atoms with Crippen LogP contribution in [0.3, 0.4) is 0 Å². The molecule has 2 aromatic rings. The highest BCUT2D eigenvalue weighted by atomic mass is 16.2. The maximum Gasteiger partial charge on any atom is 0.276 e. The second kappa shape index (κ2) is 5.42. The Labute approximate surface area is 117 Å². The minimum Gasteiger partial charge on any atom is -0.335 e. The van der Waals surface area contributed by atoms with Crippen molar-refractivity contribution in [2.75, 3.05) is 26.2 Å². The lowest BCUT2D eigenvalue weighted by Crippen LogP contribution is -2.46. The van der Waals surface area contributed by atoms with E-state index in [9.17, 15) is 4.79 Å². The van der Waals surface area contributed by atoms with Crippen molar-refractivity contribution in [3.63, 3.8) is 0 Å². The van der Waals surface area contributed by atoms with E-state index in [1.807, 2.05) is 31.2 Å². The molecule has 104 valence electrons. The number of rotatable bonds is 2. The number of carbonyl (C=O) groups is 1. The van der Waals surface area contributed by atoms with Crippen molar-refractivity contribution < 1.29 is 4.79 Å². The standard InChI is InChI=1S/C14H17N5O/c1-11-3-2-4-12(9-11)19-10-13(16-17-19)14(20)18-7-5-15-6-8-18/h2-4,9-10,15H,5-8H2,1H3. The minimum atomic E-state index is -0.0506. The highest BCUT2D eigenvalue weighted by Gasteiger charge is 2.20. The first-order valence-corrected chi connectivity index (χ1v) is 6.73. The van der Waals surface area contributed by atoms with Crippen LogP contribution in [0, 0.1) is 6.92 Å². The largest absolute Gasteiger partial charge is 0.335 e. The Morgan fingerprint density at radius 1 is 1.30 bits per heavy atom. The van der Waals surface area contributed by atoms with Gasteiger partial charge in [-0.05, 0) is 24.6 Å². The molecule has 0 bridgehead atoms. The second-order valence-corrected chi connectivity index (χ2v) is 4.93. The number of hydrogen-bond donors (Lipinski definition) is 1. The average Bonchev–Trinajstić information content (AvgIpc) is 2.97. The molecule has 0 unspecified atom stereocenters. The third kappa shape index (κ3) is 2.55. The van der Waals surface area contributed by atoms with Crippen molar-refractivity contribution in [1.29, 1.82) is 0 Å². The van der Waals surface area contributed by atoms with Crippen LogP contribution in [-0.2, 0) is 0 Å². The van der Waals surface area contributed by atoms with Gasteiger partial charge in [0.05, 0.1) is 11.9 Å². The number of amides is 1. The van der Waals surface area contributed by atoms with E-state index in [0.29, 0.717) is 5.69 Å².